The van der Waals surface area contributed by atoms with Crippen molar-refractivity contribution in [3.8, 4) is 0 Å². The minimum absolute atomic E-state index is 0.0802. The van der Waals surface area contributed by atoms with Crippen LogP contribution in [0.25, 0.3) is 0 Å². The first-order valence-corrected chi connectivity index (χ1v) is 7.34. The second-order valence-corrected chi connectivity index (χ2v) is 6.06. The Kier molecular flexibility index (Phi) is 4.45. The van der Waals surface area contributed by atoms with Gasteiger partial charge >= 0.3 is 5.97 Å². The van der Waals surface area contributed by atoms with Gasteiger partial charge in [0, 0.05) is 12.0 Å². The quantitative estimate of drug-likeness (QED) is 0.721. The van der Waals surface area contributed by atoms with Crippen LogP contribution in [0.15, 0.2) is 0 Å². The van der Waals surface area contributed by atoms with Gasteiger partial charge in [0.2, 0.25) is 5.91 Å². The predicted molar refractivity (Wildman–Crippen MR) is 71.5 cm³/mol. The molecule has 0 radical (unpaired) electrons. The molecular weight excluding hydrogens is 244 g/mol. The maximum absolute atomic E-state index is 12.3. The second kappa shape index (κ2) is 5.90. The number of carboxylic acid groups (broad SMARTS) is 1. The van der Waals surface area contributed by atoms with Gasteiger partial charge in [-0.1, -0.05) is 25.7 Å². The van der Waals surface area contributed by atoms with Crippen LogP contribution in [-0.4, -0.2) is 28.6 Å². The number of amides is 1. The Morgan fingerprint density at radius 1 is 1.11 bits per heavy atom. The van der Waals surface area contributed by atoms with Crippen molar-refractivity contribution in [1.29, 1.82) is 0 Å². The van der Waals surface area contributed by atoms with Crippen LogP contribution in [0.4, 0.5) is 0 Å². The Morgan fingerprint density at radius 2 is 1.79 bits per heavy atom. The molecule has 0 aromatic heterocycles. The summed E-state index contributed by atoms with van der Waals surface area (Å²) >= 11 is 0. The highest BCUT2D eigenvalue weighted by Crippen LogP contribution is 2.30. The van der Waals surface area contributed by atoms with Crippen molar-refractivity contribution < 1.29 is 14.7 Å². The Balaban J connectivity index is 2.00. The summed E-state index contributed by atoms with van der Waals surface area (Å²) in [4.78, 5) is 23.8. The Bertz CT molecular complexity index is 351. The normalized spacial score (nSPS) is 30.6. The van der Waals surface area contributed by atoms with Gasteiger partial charge in [0.15, 0.2) is 0 Å². The molecule has 5 nitrogen and oxygen atoms in total. The van der Waals surface area contributed by atoms with Gasteiger partial charge in [-0.05, 0) is 32.1 Å². The molecule has 2 fully saturated rings. The van der Waals surface area contributed by atoms with Crippen LogP contribution in [0.2, 0.25) is 0 Å². The molecule has 5 heteroatoms. The van der Waals surface area contributed by atoms with E-state index in [1.807, 2.05) is 0 Å². The summed E-state index contributed by atoms with van der Waals surface area (Å²) in [6, 6.07) is 0.0802. The third-order valence-corrected chi connectivity index (χ3v) is 4.56. The van der Waals surface area contributed by atoms with E-state index < -0.39 is 11.5 Å². The van der Waals surface area contributed by atoms with Crippen molar-refractivity contribution in [2.75, 3.05) is 0 Å². The molecule has 0 saturated heterocycles. The van der Waals surface area contributed by atoms with Crippen LogP contribution < -0.4 is 11.1 Å². The van der Waals surface area contributed by atoms with Gasteiger partial charge in [-0.3, -0.25) is 4.79 Å². The van der Waals surface area contributed by atoms with Gasteiger partial charge in [-0.2, -0.15) is 0 Å². The molecule has 2 rings (SSSR count). The van der Waals surface area contributed by atoms with Crippen molar-refractivity contribution in [2.45, 2.75) is 69.4 Å². The molecule has 108 valence electrons. The lowest BCUT2D eigenvalue weighted by atomic mass is 9.80. The summed E-state index contributed by atoms with van der Waals surface area (Å²) in [6.45, 7) is 0. The zero-order chi connectivity index (χ0) is 13.9. The van der Waals surface area contributed by atoms with Gasteiger partial charge < -0.3 is 16.2 Å². The van der Waals surface area contributed by atoms with Crippen LogP contribution in [0.1, 0.15) is 57.8 Å². The molecule has 0 spiro atoms. The smallest absolute Gasteiger partial charge is 0.329 e. The average molecular weight is 268 g/mol. The first-order valence-electron chi connectivity index (χ1n) is 7.34. The Morgan fingerprint density at radius 3 is 2.37 bits per heavy atom. The minimum atomic E-state index is -1.03. The van der Waals surface area contributed by atoms with Crippen LogP contribution in [0.5, 0.6) is 0 Å². The van der Waals surface area contributed by atoms with E-state index in [0.29, 0.717) is 19.3 Å². The fourth-order valence-corrected chi connectivity index (χ4v) is 3.35. The fraction of sp³-hybridized carbons (Fsp3) is 0.857. The summed E-state index contributed by atoms with van der Waals surface area (Å²) in [7, 11) is 0. The van der Waals surface area contributed by atoms with E-state index in [4.69, 9.17) is 5.73 Å². The largest absolute Gasteiger partial charge is 0.480 e. The Hall–Kier alpha value is -1.10. The van der Waals surface area contributed by atoms with Crippen molar-refractivity contribution in [3.63, 3.8) is 0 Å². The molecule has 1 amide bonds. The monoisotopic (exact) mass is 268 g/mol. The van der Waals surface area contributed by atoms with E-state index in [1.54, 1.807) is 0 Å². The average Bonchev–Trinajstić information content (AvgIpc) is 2.39. The van der Waals surface area contributed by atoms with E-state index in [0.717, 1.165) is 38.5 Å². The highest BCUT2D eigenvalue weighted by molar-refractivity contribution is 5.88. The third kappa shape index (κ3) is 3.26. The van der Waals surface area contributed by atoms with Crippen LogP contribution >= 0.6 is 0 Å². The fourth-order valence-electron chi connectivity index (χ4n) is 3.35. The predicted octanol–water partition coefficient (Wildman–Crippen LogP) is 1.41. The van der Waals surface area contributed by atoms with E-state index in [9.17, 15) is 14.7 Å². The standard InChI is InChI=1S/C14H24N2O3/c15-11-6-4-5-10(9-11)12(17)16-14(13(18)19)7-2-1-3-8-14/h10-11H,1-9,15H2,(H,16,17)(H,18,19). The minimum Gasteiger partial charge on any atom is -0.480 e. The maximum Gasteiger partial charge on any atom is 0.329 e. The molecule has 2 saturated carbocycles. The zero-order valence-electron chi connectivity index (χ0n) is 11.4. The number of carboxylic acids is 1. The highest BCUT2D eigenvalue weighted by atomic mass is 16.4. The highest BCUT2D eigenvalue weighted by Gasteiger charge is 2.42. The molecule has 0 aliphatic heterocycles. The van der Waals surface area contributed by atoms with Gasteiger partial charge in [-0.25, -0.2) is 4.79 Å². The van der Waals surface area contributed by atoms with Crippen LogP contribution in [0, 0.1) is 5.92 Å². The number of rotatable bonds is 3. The lowest BCUT2D eigenvalue weighted by molar-refractivity contribution is -0.150. The Labute approximate surface area is 113 Å². The number of hydrogen-bond donors (Lipinski definition) is 3. The molecule has 2 aliphatic carbocycles. The van der Waals surface area contributed by atoms with E-state index in [2.05, 4.69) is 5.32 Å². The molecule has 2 atom stereocenters. The first kappa shape index (κ1) is 14.3. The summed E-state index contributed by atoms with van der Waals surface area (Å²) < 4.78 is 0. The molecule has 0 heterocycles. The van der Waals surface area contributed by atoms with Gasteiger partial charge in [0.05, 0.1) is 0 Å². The van der Waals surface area contributed by atoms with Crippen molar-refractivity contribution in [1.82, 2.24) is 5.32 Å². The molecule has 2 unspecified atom stereocenters. The van der Waals surface area contributed by atoms with Gasteiger partial charge in [-0.15, -0.1) is 0 Å². The topological polar surface area (TPSA) is 92.4 Å². The number of aliphatic carboxylic acids is 1. The van der Waals surface area contributed by atoms with Gasteiger partial charge in [0.1, 0.15) is 5.54 Å². The molecule has 4 N–H and O–H groups in total. The summed E-state index contributed by atoms with van der Waals surface area (Å²) in [5.74, 6) is -1.11. The third-order valence-electron chi connectivity index (χ3n) is 4.56. The van der Waals surface area contributed by atoms with Crippen molar-refractivity contribution >= 4 is 11.9 Å². The lowest BCUT2D eigenvalue weighted by Crippen LogP contribution is -2.57. The number of nitrogens with two attached hydrogens (primary N) is 1. The van der Waals surface area contributed by atoms with Crippen molar-refractivity contribution in [2.24, 2.45) is 11.7 Å². The lowest BCUT2D eigenvalue weighted by Gasteiger charge is -2.36. The van der Waals surface area contributed by atoms with Crippen LogP contribution in [0.3, 0.4) is 0 Å². The molecule has 0 aromatic rings. The summed E-state index contributed by atoms with van der Waals surface area (Å²) in [5, 5.41) is 12.3. The number of nitrogens with one attached hydrogen (secondary N) is 1. The molecule has 2 aliphatic rings. The number of carbonyl (C=O) groups excluding carboxylic acids is 1. The molecule has 0 bridgehead atoms. The molecule has 19 heavy (non-hydrogen) atoms. The van der Waals surface area contributed by atoms with E-state index >= 15 is 0 Å². The van der Waals surface area contributed by atoms with Gasteiger partial charge in [0.25, 0.3) is 0 Å². The second-order valence-electron chi connectivity index (χ2n) is 6.06. The zero-order valence-corrected chi connectivity index (χ0v) is 11.4. The van der Waals surface area contributed by atoms with E-state index in [1.165, 1.54) is 0 Å². The first-order chi connectivity index (χ1) is 9.03. The van der Waals surface area contributed by atoms with Crippen molar-refractivity contribution in [3.05, 3.63) is 0 Å². The van der Waals surface area contributed by atoms with Crippen LogP contribution in [-0.2, 0) is 9.59 Å². The number of carbonyl (C=O) groups is 2. The SMILES string of the molecule is NC1CCCC(C(=O)NC2(C(=O)O)CCCCC2)C1. The maximum atomic E-state index is 12.3. The summed E-state index contributed by atoms with van der Waals surface area (Å²) in [6.07, 6.45) is 7.33. The molecular formula is C14H24N2O3. The summed E-state index contributed by atoms with van der Waals surface area (Å²) in [5.41, 5.74) is 4.86. The number of hydrogen-bond acceptors (Lipinski definition) is 3. The van der Waals surface area contributed by atoms with E-state index in [-0.39, 0.29) is 17.9 Å². The molecule has 0 aromatic carbocycles.